The van der Waals surface area contributed by atoms with Crippen molar-refractivity contribution in [2.75, 3.05) is 0 Å². The van der Waals surface area contributed by atoms with Crippen LogP contribution in [0.4, 0.5) is 0 Å². The van der Waals surface area contributed by atoms with Gasteiger partial charge in [-0.25, -0.2) is 8.42 Å². The maximum absolute atomic E-state index is 11.0. The molecule has 2 heterocycles. The second kappa shape index (κ2) is 4.85. The number of hydrogen-bond acceptors (Lipinski definition) is 4. The zero-order valence-corrected chi connectivity index (χ0v) is 10.4. The maximum atomic E-state index is 11.0. The lowest BCUT2D eigenvalue weighted by Crippen LogP contribution is -2.01. The van der Waals surface area contributed by atoms with Gasteiger partial charge in [0, 0.05) is 35.8 Å². The van der Waals surface area contributed by atoms with Crippen LogP contribution in [0.25, 0.3) is 0 Å². The Morgan fingerprint density at radius 3 is 2.59 bits per heavy atom. The van der Waals surface area contributed by atoms with E-state index in [2.05, 4.69) is 10.1 Å². The van der Waals surface area contributed by atoms with Crippen LogP contribution in [0.1, 0.15) is 5.56 Å². The summed E-state index contributed by atoms with van der Waals surface area (Å²) in [5.74, 6) is 0. The van der Waals surface area contributed by atoms with Gasteiger partial charge in [0.05, 0.1) is 6.20 Å². The molecular formula is C10H10ClN3O2S. The first-order valence-electron chi connectivity index (χ1n) is 4.92. The van der Waals surface area contributed by atoms with E-state index in [9.17, 15) is 8.42 Å². The Morgan fingerprint density at radius 1 is 1.29 bits per heavy atom. The van der Waals surface area contributed by atoms with Gasteiger partial charge >= 0.3 is 0 Å². The fourth-order valence-corrected chi connectivity index (χ4v) is 2.05. The summed E-state index contributed by atoms with van der Waals surface area (Å²) in [6, 6.07) is 3.81. The van der Waals surface area contributed by atoms with E-state index in [1.165, 1.54) is 12.4 Å². The number of rotatable bonds is 4. The van der Waals surface area contributed by atoms with Crippen molar-refractivity contribution in [3.8, 4) is 0 Å². The highest BCUT2D eigenvalue weighted by Crippen LogP contribution is 2.13. The molecule has 7 heteroatoms. The maximum Gasteiger partial charge on any atom is 0.264 e. The third-order valence-electron chi connectivity index (χ3n) is 2.27. The quantitative estimate of drug-likeness (QED) is 0.790. The molecule has 5 nitrogen and oxygen atoms in total. The monoisotopic (exact) mass is 271 g/mol. The van der Waals surface area contributed by atoms with Gasteiger partial charge in [-0.15, -0.1) is 0 Å². The lowest BCUT2D eigenvalue weighted by atomic mass is 10.2. The first-order chi connectivity index (χ1) is 8.05. The molecule has 0 aliphatic heterocycles. The van der Waals surface area contributed by atoms with Crippen LogP contribution in [0.3, 0.4) is 0 Å². The van der Waals surface area contributed by atoms with Crippen LogP contribution in [0, 0.1) is 0 Å². The summed E-state index contributed by atoms with van der Waals surface area (Å²) in [5, 5.41) is 3.94. The largest absolute Gasteiger partial charge is 0.271 e. The number of nitrogens with zero attached hydrogens (tertiary/aromatic N) is 3. The van der Waals surface area contributed by atoms with Crippen LogP contribution in [0.2, 0.25) is 0 Å². The molecule has 0 aromatic carbocycles. The van der Waals surface area contributed by atoms with Crippen LogP contribution in [0.5, 0.6) is 0 Å². The Morgan fingerprint density at radius 2 is 2.00 bits per heavy atom. The van der Waals surface area contributed by atoms with Crippen molar-refractivity contribution in [1.29, 1.82) is 0 Å². The molecule has 0 aliphatic carbocycles. The minimum Gasteiger partial charge on any atom is -0.271 e. The van der Waals surface area contributed by atoms with Gasteiger partial charge in [-0.3, -0.25) is 9.67 Å². The molecule has 17 heavy (non-hydrogen) atoms. The third kappa shape index (κ3) is 3.28. The van der Waals surface area contributed by atoms with Crippen LogP contribution >= 0.6 is 10.7 Å². The number of aromatic nitrogens is 3. The molecule has 0 spiro atoms. The van der Waals surface area contributed by atoms with E-state index in [-0.39, 0.29) is 4.90 Å². The van der Waals surface area contributed by atoms with Crippen LogP contribution in [-0.2, 0) is 22.0 Å². The zero-order valence-electron chi connectivity index (χ0n) is 8.82. The smallest absolute Gasteiger partial charge is 0.264 e. The molecule has 2 aromatic rings. The third-order valence-corrected chi connectivity index (χ3v) is 3.58. The first kappa shape index (κ1) is 12.1. The molecule has 0 amide bonds. The topological polar surface area (TPSA) is 64.8 Å². The molecule has 0 saturated carbocycles. The first-order valence-corrected chi connectivity index (χ1v) is 7.23. The minimum atomic E-state index is -3.69. The lowest BCUT2D eigenvalue weighted by Gasteiger charge is -2.00. The fourth-order valence-electron chi connectivity index (χ4n) is 1.39. The van der Waals surface area contributed by atoms with Gasteiger partial charge in [0.15, 0.2) is 0 Å². The Hall–Kier alpha value is -1.40. The summed E-state index contributed by atoms with van der Waals surface area (Å²) in [7, 11) is 1.51. The summed E-state index contributed by atoms with van der Waals surface area (Å²) in [6.07, 6.45) is 6.85. The van der Waals surface area contributed by atoms with E-state index in [0.717, 1.165) is 12.0 Å². The highest BCUT2D eigenvalue weighted by Gasteiger charge is 2.12. The van der Waals surface area contributed by atoms with E-state index in [4.69, 9.17) is 10.7 Å². The number of aryl methyl sites for hydroxylation is 2. The lowest BCUT2D eigenvalue weighted by molar-refractivity contribution is 0.605. The average Bonchev–Trinajstić information content (AvgIpc) is 2.76. The molecule has 0 saturated heterocycles. The molecule has 0 aliphatic rings. The molecule has 0 bridgehead atoms. The molecule has 0 atom stereocenters. The van der Waals surface area contributed by atoms with Crippen LogP contribution in [0.15, 0.2) is 41.8 Å². The van der Waals surface area contributed by atoms with E-state index >= 15 is 0 Å². The predicted octanol–water partition coefficient (Wildman–Crippen LogP) is 1.45. The SMILES string of the molecule is O=S(=O)(Cl)c1cnn(CCc2ccncc2)c1. The van der Waals surface area contributed by atoms with Crippen molar-refractivity contribution in [1.82, 2.24) is 14.8 Å². The van der Waals surface area contributed by atoms with E-state index in [1.807, 2.05) is 12.1 Å². The Balaban J connectivity index is 2.04. The van der Waals surface area contributed by atoms with Gasteiger partial charge in [-0.2, -0.15) is 5.10 Å². The molecule has 0 fully saturated rings. The van der Waals surface area contributed by atoms with Crippen molar-refractivity contribution in [3.05, 3.63) is 42.5 Å². The van der Waals surface area contributed by atoms with Crippen molar-refractivity contribution in [2.45, 2.75) is 17.9 Å². The molecule has 0 unspecified atom stereocenters. The highest BCUT2D eigenvalue weighted by atomic mass is 35.7. The minimum absolute atomic E-state index is 0.0221. The van der Waals surface area contributed by atoms with Gasteiger partial charge in [-0.05, 0) is 24.1 Å². The average molecular weight is 272 g/mol. The summed E-state index contributed by atoms with van der Waals surface area (Å²) in [4.78, 5) is 3.94. The normalized spacial score (nSPS) is 11.6. The predicted molar refractivity (Wildman–Crippen MR) is 63.2 cm³/mol. The Kier molecular flexibility index (Phi) is 3.44. The molecule has 2 rings (SSSR count). The molecule has 90 valence electrons. The molecule has 0 radical (unpaired) electrons. The number of hydrogen-bond donors (Lipinski definition) is 0. The summed E-state index contributed by atoms with van der Waals surface area (Å²) in [6.45, 7) is 0.594. The fraction of sp³-hybridized carbons (Fsp3) is 0.200. The van der Waals surface area contributed by atoms with Crippen LogP contribution in [-0.4, -0.2) is 23.2 Å². The number of pyridine rings is 1. The Labute approximate surface area is 103 Å². The van der Waals surface area contributed by atoms with E-state index in [0.29, 0.717) is 6.54 Å². The van der Waals surface area contributed by atoms with Crippen molar-refractivity contribution in [3.63, 3.8) is 0 Å². The molecule has 0 N–H and O–H groups in total. The van der Waals surface area contributed by atoms with Gasteiger partial charge < -0.3 is 0 Å². The van der Waals surface area contributed by atoms with Gasteiger partial charge in [0.1, 0.15) is 4.90 Å². The van der Waals surface area contributed by atoms with Crippen LogP contribution < -0.4 is 0 Å². The Bertz CT molecular complexity index is 595. The van der Waals surface area contributed by atoms with E-state index in [1.54, 1.807) is 17.1 Å². The summed E-state index contributed by atoms with van der Waals surface area (Å²) < 4.78 is 23.6. The van der Waals surface area contributed by atoms with E-state index < -0.39 is 9.05 Å². The standard InChI is InChI=1S/C10H10ClN3O2S/c11-17(15,16)10-7-13-14(8-10)6-3-9-1-4-12-5-2-9/h1-2,4-5,7-8H,3,6H2. The summed E-state index contributed by atoms with van der Waals surface area (Å²) in [5.41, 5.74) is 1.12. The van der Waals surface area contributed by atoms with Gasteiger partial charge in [0.2, 0.25) is 0 Å². The van der Waals surface area contributed by atoms with Gasteiger partial charge in [-0.1, -0.05) is 0 Å². The molecular weight excluding hydrogens is 262 g/mol. The van der Waals surface area contributed by atoms with Crippen molar-refractivity contribution < 1.29 is 8.42 Å². The van der Waals surface area contributed by atoms with Crippen molar-refractivity contribution >= 4 is 19.7 Å². The summed E-state index contributed by atoms with van der Waals surface area (Å²) >= 11 is 0. The zero-order chi connectivity index (χ0) is 12.3. The molecule has 2 aromatic heterocycles. The van der Waals surface area contributed by atoms with Gasteiger partial charge in [0.25, 0.3) is 9.05 Å². The second-order valence-corrected chi connectivity index (χ2v) is 6.05. The van der Waals surface area contributed by atoms with Crippen molar-refractivity contribution in [2.24, 2.45) is 0 Å². The number of halogens is 1. The second-order valence-electron chi connectivity index (χ2n) is 3.48. The highest BCUT2D eigenvalue weighted by molar-refractivity contribution is 8.13.